The molecule has 0 aliphatic carbocycles. The monoisotopic (exact) mass is 350 g/mol. The molecule has 4 nitrogen and oxygen atoms in total. The van der Waals surface area contributed by atoms with E-state index in [1.807, 2.05) is 0 Å². The second-order valence-electron chi connectivity index (χ2n) is 4.23. The van der Waals surface area contributed by atoms with Crippen molar-refractivity contribution < 1.29 is 31.2 Å². The number of halogens is 3. The molecule has 2 aromatic carbocycles. The topological polar surface area (TPSA) is 74.6 Å². The van der Waals surface area contributed by atoms with Gasteiger partial charge in [0.25, 0.3) is 10.1 Å². The number of rotatable bonds is 3. The van der Waals surface area contributed by atoms with Crippen LogP contribution < -0.4 is 0 Å². The minimum absolute atomic E-state index is 0.0158. The first kappa shape index (κ1) is 16.7. The summed E-state index contributed by atoms with van der Waals surface area (Å²) in [6.07, 6.45) is -4.92. The third-order valence-electron chi connectivity index (χ3n) is 2.61. The Labute approximate surface area is 128 Å². The molecular formula is C13H9F3O4S2. The molecule has 0 atom stereocenters. The maximum Gasteiger partial charge on any atom is 0.417 e. The minimum Gasteiger partial charge on any atom is -0.508 e. The van der Waals surface area contributed by atoms with Gasteiger partial charge in [0.15, 0.2) is 0 Å². The number of hydrogen-bond donors (Lipinski definition) is 2. The van der Waals surface area contributed by atoms with E-state index in [1.54, 1.807) is 0 Å². The van der Waals surface area contributed by atoms with Crippen LogP contribution in [-0.4, -0.2) is 18.1 Å². The van der Waals surface area contributed by atoms with Crippen LogP contribution in [0.4, 0.5) is 13.2 Å². The van der Waals surface area contributed by atoms with Crippen molar-refractivity contribution in [2.45, 2.75) is 20.9 Å². The summed E-state index contributed by atoms with van der Waals surface area (Å²) in [5.74, 6) is 0.0158. The fourth-order valence-corrected chi connectivity index (χ4v) is 3.22. The molecule has 0 spiro atoms. The standard InChI is InChI=1S/C13H9F3O4S2/c14-13(15,16)11-7-10(5-6-12(11)22(18,19)20)21-9-3-1-8(17)2-4-9/h1-7,17H,(H,18,19,20). The zero-order chi connectivity index (χ0) is 16.5. The van der Waals surface area contributed by atoms with Gasteiger partial charge in [-0.25, -0.2) is 0 Å². The summed E-state index contributed by atoms with van der Waals surface area (Å²) in [5.41, 5.74) is -1.43. The molecule has 2 aromatic rings. The van der Waals surface area contributed by atoms with Crippen LogP contribution in [0.15, 0.2) is 57.2 Å². The van der Waals surface area contributed by atoms with Crippen LogP contribution in [0, 0.1) is 0 Å². The number of hydrogen-bond acceptors (Lipinski definition) is 4. The lowest BCUT2D eigenvalue weighted by molar-refractivity contribution is -0.140. The number of aromatic hydroxyl groups is 1. The van der Waals surface area contributed by atoms with E-state index in [9.17, 15) is 21.6 Å². The summed E-state index contributed by atoms with van der Waals surface area (Å²) in [6.45, 7) is 0. The van der Waals surface area contributed by atoms with Gasteiger partial charge in [0.2, 0.25) is 0 Å². The Morgan fingerprint density at radius 2 is 1.50 bits per heavy atom. The van der Waals surface area contributed by atoms with Crippen LogP contribution in [0.3, 0.4) is 0 Å². The summed E-state index contributed by atoms with van der Waals surface area (Å²) >= 11 is 0.958. The molecule has 0 aliphatic rings. The van der Waals surface area contributed by atoms with Crippen LogP contribution >= 0.6 is 11.8 Å². The number of benzene rings is 2. The van der Waals surface area contributed by atoms with Crippen molar-refractivity contribution in [1.29, 1.82) is 0 Å². The maximum absolute atomic E-state index is 12.9. The van der Waals surface area contributed by atoms with Crippen LogP contribution in [0.1, 0.15) is 5.56 Å². The van der Waals surface area contributed by atoms with Gasteiger partial charge in [-0.15, -0.1) is 0 Å². The quantitative estimate of drug-likeness (QED) is 0.824. The van der Waals surface area contributed by atoms with Crippen LogP contribution in [0.25, 0.3) is 0 Å². The Morgan fingerprint density at radius 3 is 2.00 bits per heavy atom. The van der Waals surface area contributed by atoms with E-state index in [0.717, 1.165) is 17.8 Å². The molecule has 0 saturated carbocycles. The predicted molar refractivity (Wildman–Crippen MR) is 73.5 cm³/mol. The Morgan fingerprint density at radius 1 is 0.955 bits per heavy atom. The first-order valence-electron chi connectivity index (χ1n) is 5.73. The van der Waals surface area contributed by atoms with Crippen molar-refractivity contribution in [2.24, 2.45) is 0 Å². The van der Waals surface area contributed by atoms with E-state index in [2.05, 4.69) is 0 Å². The highest BCUT2D eigenvalue weighted by Gasteiger charge is 2.37. The highest BCUT2D eigenvalue weighted by atomic mass is 32.2. The second kappa shape index (κ2) is 5.82. The fourth-order valence-electron chi connectivity index (χ4n) is 1.67. The van der Waals surface area contributed by atoms with Gasteiger partial charge in [-0.2, -0.15) is 21.6 Å². The SMILES string of the molecule is O=S(=O)(O)c1ccc(Sc2ccc(O)cc2)cc1C(F)(F)F. The van der Waals surface area contributed by atoms with Gasteiger partial charge < -0.3 is 5.11 Å². The average Bonchev–Trinajstić information content (AvgIpc) is 2.39. The summed E-state index contributed by atoms with van der Waals surface area (Å²) in [6, 6.07) is 8.28. The second-order valence-corrected chi connectivity index (χ2v) is 6.76. The Hall–Kier alpha value is -1.71. The summed E-state index contributed by atoms with van der Waals surface area (Å²) in [5, 5.41) is 9.15. The van der Waals surface area contributed by atoms with E-state index >= 15 is 0 Å². The number of alkyl halides is 3. The van der Waals surface area contributed by atoms with Crippen molar-refractivity contribution in [3.63, 3.8) is 0 Å². The number of phenolic OH excluding ortho intramolecular Hbond substituents is 1. The van der Waals surface area contributed by atoms with E-state index in [0.29, 0.717) is 17.0 Å². The summed E-state index contributed by atoms with van der Waals surface area (Å²) in [7, 11) is -4.97. The summed E-state index contributed by atoms with van der Waals surface area (Å²) < 4.78 is 69.7. The lowest BCUT2D eigenvalue weighted by atomic mass is 10.2. The van der Waals surface area contributed by atoms with Gasteiger partial charge in [0, 0.05) is 9.79 Å². The molecular weight excluding hydrogens is 341 g/mol. The maximum atomic E-state index is 12.9. The van der Waals surface area contributed by atoms with Crippen molar-refractivity contribution >= 4 is 21.9 Å². The van der Waals surface area contributed by atoms with Gasteiger partial charge in [-0.1, -0.05) is 11.8 Å². The van der Waals surface area contributed by atoms with E-state index < -0.39 is 26.8 Å². The van der Waals surface area contributed by atoms with Gasteiger partial charge in [-0.05, 0) is 42.5 Å². The molecule has 0 aromatic heterocycles. The molecule has 22 heavy (non-hydrogen) atoms. The van der Waals surface area contributed by atoms with Gasteiger partial charge in [0.1, 0.15) is 10.6 Å². The molecule has 0 aliphatic heterocycles. The molecule has 118 valence electrons. The molecule has 0 heterocycles. The Kier molecular flexibility index (Phi) is 4.41. The molecule has 0 amide bonds. The Bertz CT molecular complexity index is 784. The van der Waals surface area contributed by atoms with Gasteiger partial charge in [-0.3, -0.25) is 4.55 Å². The van der Waals surface area contributed by atoms with E-state index in [1.165, 1.54) is 24.3 Å². The molecule has 9 heteroatoms. The minimum atomic E-state index is -4.97. The largest absolute Gasteiger partial charge is 0.508 e. The van der Waals surface area contributed by atoms with E-state index in [-0.39, 0.29) is 10.6 Å². The lowest BCUT2D eigenvalue weighted by Gasteiger charge is -2.12. The molecule has 0 radical (unpaired) electrons. The molecule has 0 fully saturated rings. The van der Waals surface area contributed by atoms with Gasteiger partial charge >= 0.3 is 6.18 Å². The molecule has 0 unspecified atom stereocenters. The third kappa shape index (κ3) is 3.93. The third-order valence-corrected chi connectivity index (χ3v) is 4.52. The average molecular weight is 350 g/mol. The molecule has 2 N–H and O–H groups in total. The van der Waals surface area contributed by atoms with Crippen LogP contribution in [-0.2, 0) is 16.3 Å². The van der Waals surface area contributed by atoms with Crippen LogP contribution in [0.2, 0.25) is 0 Å². The molecule has 0 saturated heterocycles. The Balaban J connectivity index is 2.45. The highest BCUT2D eigenvalue weighted by molar-refractivity contribution is 7.99. The lowest BCUT2D eigenvalue weighted by Crippen LogP contribution is -2.12. The predicted octanol–water partition coefficient (Wildman–Crippen LogP) is 3.81. The summed E-state index contributed by atoms with van der Waals surface area (Å²) in [4.78, 5) is -0.481. The van der Waals surface area contributed by atoms with Crippen molar-refractivity contribution in [2.75, 3.05) is 0 Å². The van der Waals surface area contributed by atoms with Crippen molar-refractivity contribution in [3.05, 3.63) is 48.0 Å². The highest BCUT2D eigenvalue weighted by Crippen LogP contribution is 2.38. The first-order valence-corrected chi connectivity index (χ1v) is 7.98. The zero-order valence-corrected chi connectivity index (χ0v) is 12.3. The van der Waals surface area contributed by atoms with Gasteiger partial charge in [0.05, 0.1) is 5.56 Å². The first-order chi connectivity index (χ1) is 10.1. The van der Waals surface area contributed by atoms with Crippen LogP contribution in [0.5, 0.6) is 5.75 Å². The molecule has 0 bridgehead atoms. The van der Waals surface area contributed by atoms with Crippen molar-refractivity contribution in [3.8, 4) is 5.75 Å². The molecule has 2 rings (SSSR count). The zero-order valence-electron chi connectivity index (χ0n) is 10.7. The van der Waals surface area contributed by atoms with E-state index in [4.69, 9.17) is 9.66 Å². The number of phenols is 1. The van der Waals surface area contributed by atoms with Crippen molar-refractivity contribution in [1.82, 2.24) is 0 Å². The fraction of sp³-hybridized carbons (Fsp3) is 0.0769. The normalized spacial score (nSPS) is 12.4. The smallest absolute Gasteiger partial charge is 0.417 e.